The van der Waals surface area contributed by atoms with E-state index in [-0.39, 0.29) is 11.8 Å². The number of hydrogen-bond acceptors (Lipinski definition) is 4. The number of nitrogens with zero attached hydrogens (tertiary/aromatic N) is 1. The number of piperidine rings is 1. The first kappa shape index (κ1) is 20.0. The molecule has 1 heterocycles. The first-order chi connectivity index (χ1) is 11.7. The number of carbonyl (C=O) groups is 1. The minimum Gasteiger partial charge on any atom is -0.493 e. The lowest BCUT2D eigenvalue weighted by atomic mass is 9.86. The van der Waals surface area contributed by atoms with E-state index < -0.39 is 12.2 Å². The Morgan fingerprint density at radius 1 is 1.36 bits per heavy atom. The van der Waals surface area contributed by atoms with Crippen molar-refractivity contribution in [3.05, 3.63) is 28.8 Å². The molecule has 0 spiro atoms. The Bertz CT molecular complexity index is 592. The van der Waals surface area contributed by atoms with Crippen LogP contribution < -0.4 is 4.74 Å². The molecular weight excluding hydrogens is 342 g/mol. The Hall–Kier alpha value is -1.30. The molecule has 0 radical (unpaired) electrons. The SMILES string of the molecule is CC(C)(C)c1cc(Cl)ccc1OCC1CCN(C(O)CC(=O)O)CC1. The highest BCUT2D eigenvalue weighted by molar-refractivity contribution is 6.30. The molecule has 0 aromatic heterocycles. The molecule has 1 fully saturated rings. The van der Waals surface area contributed by atoms with Crippen molar-refractivity contribution < 1.29 is 19.7 Å². The number of halogens is 1. The van der Waals surface area contributed by atoms with E-state index in [2.05, 4.69) is 20.8 Å². The summed E-state index contributed by atoms with van der Waals surface area (Å²) in [7, 11) is 0. The number of aliphatic carboxylic acids is 1. The van der Waals surface area contributed by atoms with Gasteiger partial charge in [-0.2, -0.15) is 0 Å². The molecule has 1 aromatic rings. The Balaban J connectivity index is 1.89. The molecule has 2 rings (SSSR count). The highest BCUT2D eigenvalue weighted by atomic mass is 35.5. The molecule has 25 heavy (non-hydrogen) atoms. The molecule has 2 N–H and O–H groups in total. The van der Waals surface area contributed by atoms with Crippen LogP contribution in [0.1, 0.15) is 45.6 Å². The third-order valence-electron chi connectivity index (χ3n) is 4.65. The minimum atomic E-state index is -0.976. The Morgan fingerprint density at radius 3 is 2.56 bits per heavy atom. The van der Waals surface area contributed by atoms with Gasteiger partial charge in [-0.25, -0.2) is 0 Å². The van der Waals surface area contributed by atoms with Gasteiger partial charge in [0.05, 0.1) is 13.0 Å². The molecule has 140 valence electrons. The van der Waals surface area contributed by atoms with Crippen molar-refractivity contribution in [2.24, 2.45) is 5.92 Å². The number of hydrogen-bond donors (Lipinski definition) is 2. The number of rotatable bonds is 6. The van der Waals surface area contributed by atoms with E-state index >= 15 is 0 Å². The van der Waals surface area contributed by atoms with E-state index in [0.29, 0.717) is 30.6 Å². The molecule has 6 heteroatoms. The van der Waals surface area contributed by atoms with Crippen molar-refractivity contribution >= 4 is 17.6 Å². The van der Waals surface area contributed by atoms with Gasteiger partial charge >= 0.3 is 5.97 Å². The standard InChI is InChI=1S/C19H28ClNO4/c1-19(2,3)15-10-14(20)4-5-16(15)25-12-13-6-8-21(9-7-13)17(22)11-18(23)24/h4-5,10,13,17,22H,6-9,11-12H2,1-3H3,(H,23,24). The van der Waals surface area contributed by atoms with Gasteiger partial charge in [-0.3, -0.25) is 9.69 Å². The van der Waals surface area contributed by atoms with E-state index in [9.17, 15) is 9.90 Å². The second-order valence-corrected chi connectivity index (χ2v) is 8.20. The molecule has 0 saturated carbocycles. The zero-order valence-corrected chi connectivity index (χ0v) is 15.9. The van der Waals surface area contributed by atoms with Crippen LogP contribution in [0.3, 0.4) is 0 Å². The Kier molecular flexibility index (Phi) is 6.72. The zero-order chi connectivity index (χ0) is 18.6. The van der Waals surface area contributed by atoms with Gasteiger partial charge in [-0.1, -0.05) is 32.4 Å². The van der Waals surface area contributed by atoms with Gasteiger partial charge < -0.3 is 14.9 Å². The van der Waals surface area contributed by atoms with E-state index in [4.69, 9.17) is 21.4 Å². The van der Waals surface area contributed by atoms with Crippen LogP contribution in [0.15, 0.2) is 18.2 Å². The summed E-state index contributed by atoms with van der Waals surface area (Å²) in [6.45, 7) is 8.40. The molecule has 5 nitrogen and oxygen atoms in total. The fourth-order valence-corrected chi connectivity index (χ4v) is 3.30. The summed E-state index contributed by atoms with van der Waals surface area (Å²) in [5.41, 5.74) is 1.04. The minimum absolute atomic E-state index is 0.0511. The number of ether oxygens (including phenoxy) is 1. The lowest BCUT2D eigenvalue weighted by Crippen LogP contribution is -2.43. The van der Waals surface area contributed by atoms with Crippen LogP contribution in [-0.2, 0) is 10.2 Å². The third kappa shape index (κ3) is 5.87. The summed E-state index contributed by atoms with van der Waals surface area (Å²) < 4.78 is 6.08. The smallest absolute Gasteiger partial charge is 0.307 e. The fourth-order valence-electron chi connectivity index (χ4n) is 3.12. The molecule has 1 unspecified atom stereocenters. The highest BCUT2D eigenvalue weighted by Crippen LogP contribution is 2.34. The van der Waals surface area contributed by atoms with Crippen LogP contribution in [0.5, 0.6) is 5.75 Å². The molecule has 0 aliphatic carbocycles. The third-order valence-corrected chi connectivity index (χ3v) is 4.89. The first-order valence-electron chi connectivity index (χ1n) is 8.73. The molecule has 1 atom stereocenters. The molecular formula is C19H28ClNO4. The highest BCUT2D eigenvalue weighted by Gasteiger charge is 2.26. The summed E-state index contributed by atoms with van der Waals surface area (Å²) in [6.07, 6.45) is 0.633. The van der Waals surface area contributed by atoms with Crippen molar-refractivity contribution in [2.75, 3.05) is 19.7 Å². The van der Waals surface area contributed by atoms with Crippen molar-refractivity contribution in [1.29, 1.82) is 0 Å². The zero-order valence-electron chi connectivity index (χ0n) is 15.2. The average molecular weight is 370 g/mol. The Labute approximate surface area is 154 Å². The van der Waals surface area contributed by atoms with E-state index in [1.807, 2.05) is 23.1 Å². The van der Waals surface area contributed by atoms with E-state index in [1.54, 1.807) is 0 Å². The second kappa shape index (κ2) is 8.39. The molecule has 1 saturated heterocycles. The van der Waals surface area contributed by atoms with Crippen molar-refractivity contribution in [1.82, 2.24) is 4.90 Å². The van der Waals surface area contributed by atoms with Crippen LogP contribution in [0.4, 0.5) is 0 Å². The first-order valence-corrected chi connectivity index (χ1v) is 9.11. The maximum Gasteiger partial charge on any atom is 0.307 e. The lowest BCUT2D eigenvalue weighted by molar-refractivity contribution is -0.143. The summed E-state index contributed by atoms with van der Waals surface area (Å²) in [6, 6.07) is 5.73. The summed E-state index contributed by atoms with van der Waals surface area (Å²) in [4.78, 5) is 12.5. The van der Waals surface area contributed by atoms with E-state index in [1.165, 1.54) is 0 Å². The number of benzene rings is 1. The van der Waals surface area contributed by atoms with Gasteiger partial charge in [-0.05, 0) is 42.4 Å². The number of likely N-dealkylation sites (tertiary alicyclic amines) is 1. The van der Waals surface area contributed by atoms with Crippen LogP contribution >= 0.6 is 11.6 Å². The van der Waals surface area contributed by atoms with Gasteiger partial charge in [-0.15, -0.1) is 0 Å². The van der Waals surface area contributed by atoms with Crippen molar-refractivity contribution in [3.8, 4) is 5.75 Å². The predicted octanol–water partition coefficient (Wildman–Crippen LogP) is 3.52. The molecule has 1 aromatic carbocycles. The molecule has 0 bridgehead atoms. The van der Waals surface area contributed by atoms with Crippen LogP contribution in [0.2, 0.25) is 5.02 Å². The van der Waals surface area contributed by atoms with Gasteiger partial charge in [0, 0.05) is 23.7 Å². The topological polar surface area (TPSA) is 70.0 Å². The van der Waals surface area contributed by atoms with Crippen molar-refractivity contribution in [3.63, 3.8) is 0 Å². The summed E-state index contributed by atoms with van der Waals surface area (Å²) >= 11 is 6.13. The summed E-state index contributed by atoms with van der Waals surface area (Å²) in [5, 5.41) is 19.4. The molecule has 1 aliphatic rings. The van der Waals surface area contributed by atoms with Crippen LogP contribution in [-0.4, -0.2) is 47.0 Å². The maximum atomic E-state index is 10.7. The lowest BCUT2D eigenvalue weighted by Gasteiger charge is -2.34. The fraction of sp³-hybridized carbons (Fsp3) is 0.632. The van der Waals surface area contributed by atoms with Crippen molar-refractivity contribution in [2.45, 2.75) is 51.7 Å². The van der Waals surface area contributed by atoms with Gasteiger partial charge in [0.25, 0.3) is 0 Å². The normalized spacial score (nSPS) is 18.1. The average Bonchev–Trinajstić information content (AvgIpc) is 2.52. The summed E-state index contributed by atoms with van der Waals surface area (Å²) in [5.74, 6) is 0.289. The van der Waals surface area contributed by atoms with Crippen LogP contribution in [0, 0.1) is 5.92 Å². The largest absolute Gasteiger partial charge is 0.493 e. The maximum absolute atomic E-state index is 10.7. The van der Waals surface area contributed by atoms with Gasteiger partial charge in [0.15, 0.2) is 0 Å². The van der Waals surface area contributed by atoms with Crippen LogP contribution in [0.25, 0.3) is 0 Å². The molecule has 1 aliphatic heterocycles. The monoisotopic (exact) mass is 369 g/mol. The van der Waals surface area contributed by atoms with Gasteiger partial charge in [0.1, 0.15) is 12.0 Å². The molecule has 0 amide bonds. The van der Waals surface area contributed by atoms with Gasteiger partial charge in [0.2, 0.25) is 0 Å². The predicted molar refractivity (Wildman–Crippen MR) is 98.2 cm³/mol. The Morgan fingerprint density at radius 2 is 2.00 bits per heavy atom. The van der Waals surface area contributed by atoms with E-state index in [0.717, 1.165) is 24.2 Å². The number of carboxylic acids is 1. The quantitative estimate of drug-likeness (QED) is 0.802. The number of carboxylic acid groups (broad SMARTS) is 1. The second-order valence-electron chi connectivity index (χ2n) is 7.76. The number of aliphatic hydroxyl groups excluding tert-OH is 1. The number of aliphatic hydroxyl groups is 1.